The van der Waals surface area contributed by atoms with E-state index in [4.69, 9.17) is 10.2 Å². The standard InChI is InChI=1S/C27H50N.C9H10O4.F6P/c1-2-3-4-5-6-7-8-9-10-11-12-13-14-15-16-17-18-19-20-22-25-28-26-23-21-24-27-28;1-9(8(12)13)4-2-3-6(5-9)7(10)11;1-7(2,3,4,5)6/h21,23-24,26-27H,2-20,22,25H2,1H3;2-4H,5H2,1H3,(H,10,11)(H,12,13);/q+1;;-1. The van der Waals surface area contributed by atoms with Gasteiger partial charge in [0, 0.05) is 24.1 Å². The summed E-state index contributed by atoms with van der Waals surface area (Å²) >= 11 is 0. The van der Waals surface area contributed by atoms with Gasteiger partial charge in [0.25, 0.3) is 0 Å². The maximum absolute atomic E-state index is 10.8. The van der Waals surface area contributed by atoms with E-state index in [9.17, 15) is 34.8 Å². The fourth-order valence-electron chi connectivity index (χ4n) is 5.32. The summed E-state index contributed by atoms with van der Waals surface area (Å²) in [5, 5.41) is 17.5. The van der Waals surface area contributed by atoms with Crippen molar-refractivity contribution in [1.29, 1.82) is 0 Å². The molecule has 0 saturated carbocycles. The van der Waals surface area contributed by atoms with E-state index in [0.29, 0.717) is 0 Å². The van der Waals surface area contributed by atoms with Gasteiger partial charge in [0.15, 0.2) is 12.4 Å². The van der Waals surface area contributed by atoms with Crippen LogP contribution < -0.4 is 4.57 Å². The zero-order valence-electron chi connectivity index (χ0n) is 29.0. The molecule has 1 aliphatic carbocycles. The molecular formula is C36H60F6NO4P. The van der Waals surface area contributed by atoms with E-state index in [1.165, 1.54) is 160 Å². The molecule has 12 heteroatoms. The molecule has 0 amide bonds. The molecule has 1 unspecified atom stereocenters. The molecule has 0 saturated heterocycles. The second kappa shape index (κ2) is 23.1. The molecule has 0 bridgehead atoms. The molecule has 0 spiro atoms. The van der Waals surface area contributed by atoms with Gasteiger partial charge in [-0.25, -0.2) is 9.36 Å². The number of allylic oxidation sites excluding steroid dienone is 2. The first-order chi connectivity index (χ1) is 22.3. The molecular weight excluding hydrogens is 655 g/mol. The van der Waals surface area contributed by atoms with Crippen LogP contribution in [0.4, 0.5) is 25.2 Å². The number of halogens is 6. The molecule has 2 rings (SSSR count). The van der Waals surface area contributed by atoms with E-state index in [1.54, 1.807) is 0 Å². The van der Waals surface area contributed by atoms with Crippen molar-refractivity contribution in [2.24, 2.45) is 5.41 Å². The number of rotatable bonds is 23. The van der Waals surface area contributed by atoms with Crippen LogP contribution in [0.1, 0.15) is 149 Å². The number of hydrogen-bond donors (Lipinski definition) is 2. The monoisotopic (exact) mass is 715 g/mol. The van der Waals surface area contributed by atoms with Gasteiger partial charge in [0.2, 0.25) is 0 Å². The Hall–Kier alpha value is -2.42. The van der Waals surface area contributed by atoms with Crippen molar-refractivity contribution in [2.45, 2.75) is 155 Å². The van der Waals surface area contributed by atoms with Crippen LogP contribution in [-0.4, -0.2) is 22.2 Å². The fraction of sp³-hybridized carbons (Fsp3) is 0.694. The summed E-state index contributed by atoms with van der Waals surface area (Å²) in [6, 6.07) is 6.33. The minimum atomic E-state index is -10.7. The second-order valence-corrected chi connectivity index (χ2v) is 15.0. The van der Waals surface area contributed by atoms with E-state index >= 15 is 0 Å². The second-order valence-electron chi connectivity index (χ2n) is 13.0. The topological polar surface area (TPSA) is 78.5 Å². The van der Waals surface area contributed by atoms with E-state index in [0.717, 1.165) is 0 Å². The van der Waals surface area contributed by atoms with Crippen LogP contribution in [0.2, 0.25) is 0 Å². The number of hydrogen-bond acceptors (Lipinski definition) is 2. The Balaban J connectivity index is 0.000000901. The van der Waals surface area contributed by atoms with Gasteiger partial charge < -0.3 is 10.2 Å². The van der Waals surface area contributed by atoms with Gasteiger partial charge >= 0.3 is 44.9 Å². The van der Waals surface area contributed by atoms with E-state index in [2.05, 4.69) is 42.1 Å². The first-order valence-corrected chi connectivity index (χ1v) is 19.7. The van der Waals surface area contributed by atoms with Gasteiger partial charge in [-0.2, -0.15) is 0 Å². The summed E-state index contributed by atoms with van der Waals surface area (Å²) in [6.45, 7) is 4.98. The molecule has 5 nitrogen and oxygen atoms in total. The number of aryl methyl sites for hydroxylation is 1. The number of pyridine rings is 1. The van der Waals surface area contributed by atoms with Gasteiger partial charge in [-0.3, -0.25) is 4.79 Å². The van der Waals surface area contributed by atoms with E-state index in [-0.39, 0.29) is 12.0 Å². The molecule has 1 aromatic rings. The van der Waals surface area contributed by atoms with Crippen LogP contribution in [0.15, 0.2) is 54.4 Å². The third-order valence-electron chi connectivity index (χ3n) is 8.13. The third kappa shape index (κ3) is 32.1. The number of carboxylic acids is 2. The van der Waals surface area contributed by atoms with Crippen molar-refractivity contribution < 1.29 is 49.6 Å². The molecule has 1 aromatic heterocycles. The van der Waals surface area contributed by atoms with E-state index < -0.39 is 25.2 Å². The number of nitrogens with zero attached hydrogens (tertiary/aromatic N) is 1. The zero-order valence-corrected chi connectivity index (χ0v) is 29.9. The molecule has 1 aliphatic rings. The Kier molecular flexibility index (Phi) is 21.9. The van der Waals surface area contributed by atoms with Crippen molar-refractivity contribution in [3.05, 3.63) is 54.4 Å². The summed E-state index contributed by atoms with van der Waals surface area (Å²) in [5.74, 6) is -2.06. The van der Waals surface area contributed by atoms with Crippen molar-refractivity contribution in [1.82, 2.24) is 0 Å². The van der Waals surface area contributed by atoms with Crippen molar-refractivity contribution >= 4 is 19.7 Å². The SMILES string of the molecule is CC1(C(=O)O)C=CC=C(C(=O)O)C1.CCCCCCCCCCCCCCCCCCCCCC[n+]1ccccc1.F[P-](F)(F)(F)(F)F. The van der Waals surface area contributed by atoms with Crippen LogP contribution in [-0.2, 0) is 16.1 Å². The molecule has 0 radical (unpaired) electrons. The Labute approximate surface area is 284 Å². The molecule has 1 heterocycles. The van der Waals surface area contributed by atoms with Crippen LogP contribution in [0.5, 0.6) is 0 Å². The fourth-order valence-corrected chi connectivity index (χ4v) is 5.32. The summed E-state index contributed by atoms with van der Waals surface area (Å²) < 4.78 is 61.5. The van der Waals surface area contributed by atoms with Crippen LogP contribution in [0, 0.1) is 5.41 Å². The van der Waals surface area contributed by atoms with Gasteiger partial charge in [-0.1, -0.05) is 147 Å². The number of carboxylic acid groups (broad SMARTS) is 2. The molecule has 48 heavy (non-hydrogen) atoms. The molecule has 1 atom stereocenters. The molecule has 2 N–H and O–H groups in total. The number of carbonyl (C=O) groups is 2. The predicted molar refractivity (Wildman–Crippen MR) is 183 cm³/mol. The molecule has 0 aliphatic heterocycles. The third-order valence-corrected chi connectivity index (χ3v) is 8.13. The summed E-state index contributed by atoms with van der Waals surface area (Å²) in [6.07, 6.45) is 37.8. The average Bonchev–Trinajstić information content (AvgIpc) is 2.99. The predicted octanol–water partition coefficient (Wildman–Crippen LogP) is 13.2. The number of aliphatic carboxylic acids is 2. The zero-order chi connectivity index (χ0) is 36.4. The maximum atomic E-state index is 10.8. The summed E-state index contributed by atoms with van der Waals surface area (Å²) in [5.41, 5.74) is -0.949. The van der Waals surface area contributed by atoms with Gasteiger partial charge in [0.1, 0.15) is 6.54 Å². The van der Waals surface area contributed by atoms with Crippen LogP contribution in [0.3, 0.4) is 0 Å². The van der Waals surface area contributed by atoms with Gasteiger partial charge in [0.05, 0.1) is 5.41 Å². The van der Waals surface area contributed by atoms with Gasteiger partial charge in [-0.15, -0.1) is 0 Å². The van der Waals surface area contributed by atoms with E-state index in [1.807, 2.05) is 0 Å². The Morgan fingerprint density at radius 2 is 1.02 bits per heavy atom. The quantitative estimate of drug-likeness (QED) is 0.0512. The van der Waals surface area contributed by atoms with Crippen LogP contribution in [0.25, 0.3) is 0 Å². The number of aromatic nitrogens is 1. The number of unbranched alkanes of at least 4 members (excludes halogenated alkanes) is 19. The minimum absolute atomic E-state index is 0.0359. The van der Waals surface area contributed by atoms with Crippen LogP contribution >= 0.6 is 7.81 Å². The first-order valence-electron chi connectivity index (χ1n) is 17.7. The first kappa shape index (κ1) is 45.6. The Morgan fingerprint density at radius 1 is 0.667 bits per heavy atom. The van der Waals surface area contributed by atoms with Crippen molar-refractivity contribution in [3.63, 3.8) is 0 Å². The van der Waals surface area contributed by atoms with Crippen molar-refractivity contribution in [3.8, 4) is 0 Å². The Morgan fingerprint density at radius 3 is 1.35 bits per heavy atom. The average molecular weight is 716 g/mol. The Bertz CT molecular complexity index is 1070. The summed E-state index contributed by atoms with van der Waals surface area (Å²) in [4.78, 5) is 21.3. The molecule has 0 fully saturated rings. The summed E-state index contributed by atoms with van der Waals surface area (Å²) in [7, 11) is -10.7. The molecule has 280 valence electrons. The normalized spacial score (nSPS) is 17.1. The molecule has 0 aromatic carbocycles. The van der Waals surface area contributed by atoms with Gasteiger partial charge in [-0.05, 0) is 19.8 Å². The van der Waals surface area contributed by atoms with Crippen molar-refractivity contribution in [2.75, 3.05) is 0 Å².